The first-order valence-corrected chi connectivity index (χ1v) is 11.5. The molecule has 1 aromatic carbocycles. The molecule has 4 atom stereocenters. The topological polar surface area (TPSA) is 177 Å². The summed E-state index contributed by atoms with van der Waals surface area (Å²) in [6, 6.07) is 6.88. The van der Waals surface area contributed by atoms with Crippen LogP contribution in [0.1, 0.15) is 41.5 Å². The lowest BCUT2D eigenvalue weighted by Gasteiger charge is -2.41. The number of anilines is 1. The molecule has 0 saturated carbocycles. The number of hydrogen-bond acceptors (Lipinski definition) is 12. The summed E-state index contributed by atoms with van der Waals surface area (Å²) in [5.74, 6) is -2.71. The van der Waals surface area contributed by atoms with Gasteiger partial charge in [-0.05, 0) is 38.1 Å². The second-order valence-corrected chi connectivity index (χ2v) is 9.03. The Morgan fingerprint density at radius 2 is 1.50 bits per heavy atom. The highest BCUT2D eigenvalue weighted by Crippen LogP contribution is 2.25. The van der Waals surface area contributed by atoms with E-state index >= 15 is 0 Å². The van der Waals surface area contributed by atoms with Gasteiger partial charge in [0, 0.05) is 26.5 Å². The molecule has 1 aromatic rings. The first-order chi connectivity index (χ1) is 17.7. The first-order valence-electron chi connectivity index (χ1n) is 11.5. The van der Waals surface area contributed by atoms with E-state index in [-0.39, 0.29) is 0 Å². The minimum Gasteiger partial charge on any atom is -0.466 e. The maximum atomic E-state index is 12.6. The highest BCUT2D eigenvalue weighted by atomic mass is 16.7. The number of esters is 3. The van der Waals surface area contributed by atoms with Crippen LogP contribution in [-0.2, 0) is 42.9 Å². The zero-order chi connectivity index (χ0) is 28.5. The molecule has 0 aliphatic carbocycles. The number of nitrogens with one attached hydrogen (secondary N) is 2. The van der Waals surface area contributed by atoms with Crippen molar-refractivity contribution in [2.75, 3.05) is 11.9 Å². The van der Waals surface area contributed by atoms with Gasteiger partial charge in [0.25, 0.3) is 5.90 Å². The van der Waals surface area contributed by atoms with Crippen molar-refractivity contribution in [3.05, 3.63) is 30.3 Å². The van der Waals surface area contributed by atoms with E-state index in [1.165, 1.54) is 0 Å². The van der Waals surface area contributed by atoms with Crippen molar-refractivity contribution >= 4 is 41.7 Å². The van der Waals surface area contributed by atoms with E-state index in [2.05, 4.69) is 15.8 Å². The monoisotopic (exact) mass is 537 g/mol. The normalized spacial score (nSPS) is 21.8. The molecule has 0 radical (unpaired) electrons. The van der Waals surface area contributed by atoms with E-state index in [0.717, 1.165) is 20.8 Å². The lowest BCUT2D eigenvalue weighted by Crippen LogP contribution is -2.65. The second kappa shape index (κ2) is 13.3. The Balaban J connectivity index is 2.44. The molecule has 0 bridgehead atoms. The Morgan fingerprint density at radius 3 is 2.05 bits per heavy atom. The van der Waals surface area contributed by atoms with E-state index in [4.69, 9.17) is 28.5 Å². The third-order valence-electron chi connectivity index (χ3n) is 4.52. The Labute approximate surface area is 218 Å². The number of carbonyl (C=O) groups is 5. The third-order valence-corrected chi connectivity index (χ3v) is 4.52. The summed E-state index contributed by atoms with van der Waals surface area (Å²) in [4.78, 5) is 65.1. The second-order valence-electron chi connectivity index (χ2n) is 9.03. The van der Waals surface area contributed by atoms with Crippen molar-refractivity contribution in [2.45, 2.75) is 71.5 Å². The number of hydrogen-bond donors (Lipinski definition) is 2. The number of ether oxygens (including phenoxy) is 5. The summed E-state index contributed by atoms with van der Waals surface area (Å²) in [5.41, 5.74) is -0.501. The first kappa shape index (κ1) is 29.9. The number of nitrogens with zero attached hydrogens (tertiary/aromatic N) is 1. The SMILES string of the molecule is CC(=O)OCC1O/C(=N\OC(=O)Nc2ccccc2)C(NC(=O)OC(C)(C)C)[C@@H](OC(C)=O)[C@H]1OC(C)=O. The molecule has 1 saturated heterocycles. The fourth-order valence-corrected chi connectivity index (χ4v) is 3.23. The summed E-state index contributed by atoms with van der Waals surface area (Å²) >= 11 is 0. The van der Waals surface area contributed by atoms with E-state index in [9.17, 15) is 24.0 Å². The molecule has 1 aliphatic heterocycles. The highest BCUT2D eigenvalue weighted by Gasteiger charge is 2.51. The highest BCUT2D eigenvalue weighted by molar-refractivity contribution is 5.89. The maximum Gasteiger partial charge on any atom is 0.437 e. The van der Waals surface area contributed by atoms with Crippen LogP contribution in [0.5, 0.6) is 0 Å². The van der Waals surface area contributed by atoms with E-state index in [1.807, 2.05) is 0 Å². The van der Waals surface area contributed by atoms with E-state index in [0.29, 0.717) is 5.69 Å². The Kier molecular flexibility index (Phi) is 10.4. The maximum absolute atomic E-state index is 12.6. The lowest BCUT2D eigenvalue weighted by molar-refractivity contribution is -0.186. The summed E-state index contributed by atoms with van der Waals surface area (Å²) in [6.07, 6.45) is -6.05. The number of benzene rings is 1. The van der Waals surface area contributed by atoms with Gasteiger partial charge in [-0.2, -0.15) is 0 Å². The Hall–Kier alpha value is -4.36. The molecule has 1 aliphatic rings. The molecule has 2 rings (SSSR count). The van der Waals surface area contributed by atoms with Crippen molar-refractivity contribution in [1.82, 2.24) is 5.32 Å². The van der Waals surface area contributed by atoms with Crippen molar-refractivity contribution < 1.29 is 52.5 Å². The number of para-hydroxylation sites is 1. The molecule has 2 unspecified atom stereocenters. The molecule has 208 valence electrons. The molecule has 2 amide bonds. The van der Waals surface area contributed by atoms with Crippen LogP contribution in [0.25, 0.3) is 0 Å². The number of amides is 2. The standard InChI is InChI=1S/C24H31N3O11/c1-13(28)33-12-17-19(34-14(2)29)20(35-15(3)30)18(26-22(31)37-24(4,5)6)21(36-17)27-38-23(32)25-16-10-8-7-9-11-16/h7-11,17-20H,12H2,1-6H3,(H,25,32)(H,26,31)/b27-21-/t17?,18?,19-,20+/m0/s1. The quantitative estimate of drug-likeness (QED) is 0.226. The van der Waals surface area contributed by atoms with Gasteiger partial charge < -0.3 is 29.0 Å². The molecule has 38 heavy (non-hydrogen) atoms. The summed E-state index contributed by atoms with van der Waals surface area (Å²) in [7, 11) is 0. The van der Waals surface area contributed by atoms with Gasteiger partial charge in [0.1, 0.15) is 12.2 Å². The molecule has 0 spiro atoms. The number of carbonyl (C=O) groups excluding carboxylic acids is 5. The summed E-state index contributed by atoms with van der Waals surface area (Å²) in [5, 5.41) is 8.57. The van der Waals surface area contributed by atoms with Gasteiger partial charge in [0.05, 0.1) is 0 Å². The largest absolute Gasteiger partial charge is 0.466 e. The zero-order valence-electron chi connectivity index (χ0n) is 21.8. The van der Waals surface area contributed by atoms with Gasteiger partial charge in [0.15, 0.2) is 24.4 Å². The van der Waals surface area contributed by atoms with Crippen molar-refractivity contribution in [3.8, 4) is 0 Å². The third kappa shape index (κ3) is 9.95. The lowest BCUT2D eigenvalue weighted by atomic mass is 9.96. The Morgan fingerprint density at radius 1 is 0.895 bits per heavy atom. The summed E-state index contributed by atoms with van der Waals surface area (Å²) in [6.45, 7) is 7.74. The van der Waals surface area contributed by atoms with Crippen LogP contribution in [-0.4, -0.2) is 72.6 Å². The molecule has 0 aromatic heterocycles. The number of oxime groups is 1. The molecule has 1 heterocycles. The minimum atomic E-state index is -1.45. The fraction of sp³-hybridized carbons (Fsp3) is 0.500. The van der Waals surface area contributed by atoms with Gasteiger partial charge in [0.2, 0.25) is 0 Å². The smallest absolute Gasteiger partial charge is 0.437 e. The molecule has 14 nitrogen and oxygen atoms in total. The van der Waals surface area contributed by atoms with E-state index in [1.54, 1.807) is 51.1 Å². The van der Waals surface area contributed by atoms with Crippen LogP contribution >= 0.6 is 0 Å². The summed E-state index contributed by atoms with van der Waals surface area (Å²) < 4.78 is 26.7. The molecular weight excluding hydrogens is 506 g/mol. The predicted molar refractivity (Wildman–Crippen MR) is 130 cm³/mol. The van der Waals surface area contributed by atoms with Crippen molar-refractivity contribution in [1.29, 1.82) is 0 Å². The average Bonchev–Trinajstić information content (AvgIpc) is 2.78. The number of alkyl carbamates (subject to hydrolysis) is 1. The van der Waals surface area contributed by atoms with Crippen LogP contribution < -0.4 is 10.6 Å². The van der Waals surface area contributed by atoms with Crippen molar-refractivity contribution in [3.63, 3.8) is 0 Å². The van der Waals surface area contributed by atoms with Crippen LogP contribution in [0.15, 0.2) is 35.5 Å². The molecular formula is C24H31N3O11. The van der Waals surface area contributed by atoms with Gasteiger partial charge >= 0.3 is 30.1 Å². The van der Waals surface area contributed by atoms with Crippen LogP contribution in [0.2, 0.25) is 0 Å². The number of rotatable bonds is 7. The molecule has 1 fully saturated rings. The van der Waals surface area contributed by atoms with Crippen LogP contribution in [0.4, 0.5) is 15.3 Å². The zero-order valence-corrected chi connectivity index (χ0v) is 21.8. The van der Waals surface area contributed by atoms with E-state index < -0.39 is 72.6 Å². The fourth-order valence-electron chi connectivity index (χ4n) is 3.23. The average molecular weight is 538 g/mol. The van der Waals surface area contributed by atoms with Gasteiger partial charge in [-0.15, -0.1) is 0 Å². The van der Waals surface area contributed by atoms with Crippen LogP contribution in [0.3, 0.4) is 0 Å². The van der Waals surface area contributed by atoms with Gasteiger partial charge in [-0.1, -0.05) is 18.2 Å². The molecule has 2 N–H and O–H groups in total. The van der Waals surface area contributed by atoms with Gasteiger partial charge in [-0.3, -0.25) is 24.5 Å². The van der Waals surface area contributed by atoms with Crippen molar-refractivity contribution in [2.24, 2.45) is 5.16 Å². The predicted octanol–water partition coefficient (Wildman–Crippen LogP) is 2.27. The van der Waals surface area contributed by atoms with Gasteiger partial charge in [-0.25, -0.2) is 9.59 Å². The Bertz CT molecular complexity index is 1050. The minimum absolute atomic E-state index is 0.408. The molecule has 14 heteroatoms. The van der Waals surface area contributed by atoms with Crippen LogP contribution in [0, 0.1) is 0 Å².